The van der Waals surface area contributed by atoms with Gasteiger partial charge in [-0.1, -0.05) is 0 Å². The van der Waals surface area contributed by atoms with Crippen LogP contribution >= 0.6 is 14.6 Å². The third-order valence-electron chi connectivity index (χ3n) is 1.41. The fourth-order valence-electron chi connectivity index (χ4n) is 0. The van der Waals surface area contributed by atoms with Crippen molar-refractivity contribution in [2.24, 2.45) is 0 Å². The van der Waals surface area contributed by atoms with Gasteiger partial charge in [0.05, 0.1) is 0 Å². The Morgan fingerprint density at radius 3 is 0.647 bits per heavy atom. The molecule has 0 saturated heterocycles. The van der Waals surface area contributed by atoms with Crippen molar-refractivity contribution >= 4 is 128 Å². The van der Waals surface area contributed by atoms with Gasteiger partial charge in [-0.05, 0) is 0 Å². The average Bonchev–Trinajstić information content (AvgIpc) is 1.83. The summed E-state index contributed by atoms with van der Waals surface area (Å²) in [5.41, 5.74) is 0. The first-order chi connectivity index (χ1) is 5.62. The van der Waals surface area contributed by atoms with Crippen LogP contribution in [-0.2, 0) is 0 Å². The molecule has 0 radical (unpaired) electrons. The molecule has 11 heteroatoms. The molecular formula is C6H16Ca3O6P2. The summed E-state index contributed by atoms with van der Waals surface area (Å²) in [6, 6.07) is 0. The molecule has 0 spiro atoms. The van der Waals surface area contributed by atoms with Gasteiger partial charge in [0.15, 0.2) is 0 Å². The van der Waals surface area contributed by atoms with E-state index in [1.165, 1.54) is 13.8 Å². The van der Waals surface area contributed by atoms with Crippen LogP contribution in [0.2, 0.25) is 0 Å². The molecule has 0 bridgehead atoms. The Hall–Kier alpha value is 4.40. The fourth-order valence-corrected chi connectivity index (χ4v) is 0. The minimum atomic E-state index is -4.83. The van der Waals surface area contributed by atoms with Crippen LogP contribution in [0, 0.1) is 0 Å². The molecule has 0 unspecified atom stereocenters. The maximum atomic E-state index is 10.1. The van der Waals surface area contributed by atoms with Gasteiger partial charge in [-0.3, -0.25) is 0 Å². The van der Waals surface area contributed by atoms with Gasteiger partial charge < -0.3 is 0 Å². The number of rotatable bonds is 2. The molecule has 0 atom stereocenters. The molecule has 0 heterocycles. The van der Waals surface area contributed by atoms with Crippen molar-refractivity contribution in [3.63, 3.8) is 0 Å². The van der Waals surface area contributed by atoms with E-state index in [9.17, 15) is 29.4 Å². The summed E-state index contributed by atoms with van der Waals surface area (Å²) < 4.78 is 0. The zero-order valence-electron chi connectivity index (χ0n) is 10.9. The monoisotopic (exact) mass is 366 g/mol. The minimum Gasteiger partial charge on any atom is 2.00 e. The average molecular weight is 366 g/mol. The molecule has 0 amide bonds. The SMILES string of the molecule is CCP(C)([O-])([O-])[O-].CCP(C)([O-])([O-])[O-].[Ca+2].[Ca+2].[Ca+2]. The van der Waals surface area contributed by atoms with E-state index in [1.54, 1.807) is 0 Å². The van der Waals surface area contributed by atoms with Crippen molar-refractivity contribution in [1.29, 1.82) is 0 Å². The largest absolute Gasteiger partial charge is 2.00 e. The second kappa shape index (κ2) is 11.0. The van der Waals surface area contributed by atoms with Crippen LogP contribution in [0.25, 0.3) is 0 Å². The molecule has 0 fully saturated rings. The molecule has 0 saturated carbocycles. The van der Waals surface area contributed by atoms with Crippen molar-refractivity contribution in [1.82, 2.24) is 0 Å². The van der Waals surface area contributed by atoms with Gasteiger partial charge >= 0.3 is 197 Å². The third-order valence-corrected chi connectivity index (χ3v) is 4.22. The smallest absolute Gasteiger partial charge is 2.00 e. The number of hydrogen-bond acceptors (Lipinski definition) is 6. The first-order valence-corrected chi connectivity index (χ1v) is 9.28. The van der Waals surface area contributed by atoms with Crippen LogP contribution in [0.1, 0.15) is 13.8 Å². The van der Waals surface area contributed by atoms with Crippen LogP contribution in [0.3, 0.4) is 0 Å². The second-order valence-electron chi connectivity index (χ2n) is 3.58. The van der Waals surface area contributed by atoms with E-state index in [-0.39, 0.29) is 126 Å². The molecule has 0 aliphatic carbocycles. The molecule has 0 aliphatic heterocycles. The van der Waals surface area contributed by atoms with Crippen LogP contribution in [-0.4, -0.2) is 139 Å². The van der Waals surface area contributed by atoms with E-state index >= 15 is 0 Å². The Morgan fingerprint density at radius 2 is 0.647 bits per heavy atom. The standard InChI is InChI=1S/2C3H8O3P.3Ca/c2*1-3-7(2,4,5)6;;;/h2*3H2,1-2H3;;;/q2*-3;3*+2. The summed E-state index contributed by atoms with van der Waals surface area (Å²) >= 11 is 0. The molecule has 0 aliphatic rings. The zero-order valence-corrected chi connectivity index (χ0v) is 19.3. The number of hydrogen-bond donors (Lipinski definition) is 0. The molecule has 0 rings (SSSR count). The van der Waals surface area contributed by atoms with Crippen LogP contribution in [0.15, 0.2) is 0 Å². The van der Waals surface area contributed by atoms with Gasteiger partial charge in [0.2, 0.25) is 0 Å². The summed E-state index contributed by atoms with van der Waals surface area (Å²) in [5, 5.41) is 0. The van der Waals surface area contributed by atoms with E-state index in [2.05, 4.69) is 0 Å². The van der Waals surface area contributed by atoms with Gasteiger partial charge in [0, 0.05) is 0 Å². The van der Waals surface area contributed by atoms with Crippen molar-refractivity contribution < 1.29 is 29.4 Å². The topological polar surface area (TPSA) is 138 Å². The maximum Gasteiger partial charge on any atom is 2.00 e. The van der Waals surface area contributed by atoms with Crippen molar-refractivity contribution in [2.75, 3.05) is 25.7 Å². The fraction of sp³-hybridized carbons (Fsp3) is 1.00. The van der Waals surface area contributed by atoms with Crippen molar-refractivity contribution in [3.8, 4) is 0 Å². The van der Waals surface area contributed by atoms with Gasteiger partial charge in [-0.15, -0.1) is 0 Å². The van der Waals surface area contributed by atoms with E-state index in [4.69, 9.17) is 0 Å². The second-order valence-corrected chi connectivity index (χ2v) is 10.7. The molecular weight excluding hydrogens is 350 g/mol. The predicted octanol–water partition coefficient (Wildman–Crippen LogP) is -5.11. The van der Waals surface area contributed by atoms with Gasteiger partial charge in [-0.25, -0.2) is 0 Å². The van der Waals surface area contributed by atoms with Crippen LogP contribution in [0.5, 0.6) is 0 Å². The van der Waals surface area contributed by atoms with Gasteiger partial charge in [0.25, 0.3) is 0 Å². The molecule has 92 valence electrons. The summed E-state index contributed by atoms with van der Waals surface area (Å²) in [5.74, 6) is 0. The van der Waals surface area contributed by atoms with Crippen LogP contribution in [0.4, 0.5) is 0 Å². The summed E-state index contributed by atoms with van der Waals surface area (Å²) in [7, 11) is -9.65. The minimum absolute atomic E-state index is 0. The summed E-state index contributed by atoms with van der Waals surface area (Å²) in [6.07, 6.45) is -0.600. The third kappa shape index (κ3) is 44.9. The first-order valence-electron chi connectivity index (χ1n) is 4.04. The quantitative estimate of drug-likeness (QED) is 0.354. The van der Waals surface area contributed by atoms with E-state index < -0.39 is 14.6 Å². The molecule has 0 N–H and O–H groups in total. The molecule has 6 nitrogen and oxygen atoms in total. The molecule has 17 heavy (non-hydrogen) atoms. The normalized spacial score (nSPS) is 14.9. The summed E-state index contributed by atoms with van der Waals surface area (Å²) in [6.45, 7) is 4.13. The first kappa shape index (κ1) is 33.1. The Morgan fingerprint density at radius 1 is 0.588 bits per heavy atom. The Bertz CT molecular complexity index is 159. The molecule has 0 aromatic rings. The van der Waals surface area contributed by atoms with E-state index in [0.717, 1.165) is 13.3 Å². The van der Waals surface area contributed by atoms with Gasteiger partial charge in [0.1, 0.15) is 0 Å². The molecule has 0 aromatic heterocycles. The zero-order chi connectivity index (χ0) is 12.3. The maximum absolute atomic E-state index is 10.1. The Labute approximate surface area is 193 Å². The van der Waals surface area contributed by atoms with Crippen molar-refractivity contribution in [2.45, 2.75) is 13.8 Å². The molecule has 0 aromatic carbocycles. The van der Waals surface area contributed by atoms with Crippen molar-refractivity contribution in [3.05, 3.63) is 0 Å². The predicted molar refractivity (Wildman–Crippen MR) is 64.0 cm³/mol. The van der Waals surface area contributed by atoms with Crippen LogP contribution < -0.4 is 29.4 Å². The van der Waals surface area contributed by atoms with E-state index in [1.807, 2.05) is 0 Å². The van der Waals surface area contributed by atoms with Gasteiger partial charge in [-0.2, -0.15) is 0 Å². The Balaban J connectivity index is -0.0000000480. The van der Waals surface area contributed by atoms with E-state index in [0.29, 0.717) is 0 Å². The Kier molecular flexibility index (Phi) is 21.5. The summed E-state index contributed by atoms with van der Waals surface area (Å²) in [4.78, 5) is 60.4.